The lowest BCUT2D eigenvalue weighted by molar-refractivity contribution is 0.0595. The van der Waals surface area contributed by atoms with Gasteiger partial charge >= 0.3 is 5.97 Å². The molecular weight excluding hydrogens is 404 g/mol. The summed E-state index contributed by atoms with van der Waals surface area (Å²) in [7, 11) is 1.33. The summed E-state index contributed by atoms with van der Waals surface area (Å²) in [5.41, 5.74) is 5.42. The van der Waals surface area contributed by atoms with E-state index < -0.39 is 5.97 Å². The minimum atomic E-state index is -0.485. The summed E-state index contributed by atoms with van der Waals surface area (Å²) in [6.07, 6.45) is 5.09. The van der Waals surface area contributed by atoms with Gasteiger partial charge in [0.05, 0.1) is 30.9 Å². The highest BCUT2D eigenvalue weighted by molar-refractivity contribution is 5.88. The minimum absolute atomic E-state index is 0.0888. The first kappa shape index (κ1) is 19.7. The average molecular weight is 424 g/mol. The first-order valence-electron chi connectivity index (χ1n) is 10.1. The van der Waals surface area contributed by atoms with Crippen molar-refractivity contribution in [3.8, 4) is 11.1 Å². The Hall–Kier alpha value is -4.26. The number of nitrogens with zero attached hydrogens (tertiary/aromatic N) is 4. The maximum absolute atomic E-state index is 13.2. The van der Waals surface area contributed by atoms with Crippen LogP contribution in [0.4, 0.5) is 0 Å². The van der Waals surface area contributed by atoms with Crippen LogP contribution < -0.4 is 5.56 Å². The number of aryl methyl sites for hydroxylation is 1. The van der Waals surface area contributed by atoms with Crippen molar-refractivity contribution < 1.29 is 9.53 Å². The molecule has 7 heteroatoms. The van der Waals surface area contributed by atoms with Gasteiger partial charge in [0.15, 0.2) is 5.69 Å². The Balaban J connectivity index is 1.54. The predicted molar refractivity (Wildman–Crippen MR) is 122 cm³/mol. The maximum Gasteiger partial charge on any atom is 0.358 e. The molecule has 0 aliphatic rings. The van der Waals surface area contributed by atoms with Gasteiger partial charge in [0.25, 0.3) is 5.56 Å². The van der Waals surface area contributed by atoms with Gasteiger partial charge in [-0.3, -0.25) is 9.36 Å². The summed E-state index contributed by atoms with van der Waals surface area (Å²) in [6, 6.07) is 17.5. The molecule has 2 aromatic carbocycles. The molecule has 0 saturated heterocycles. The van der Waals surface area contributed by atoms with E-state index in [9.17, 15) is 9.59 Å². The van der Waals surface area contributed by atoms with Gasteiger partial charge in [-0.1, -0.05) is 35.9 Å². The van der Waals surface area contributed by atoms with Crippen molar-refractivity contribution in [3.63, 3.8) is 0 Å². The zero-order valence-corrected chi connectivity index (χ0v) is 17.6. The summed E-state index contributed by atoms with van der Waals surface area (Å²) in [5, 5.41) is 0.554. The number of methoxy groups -OCH3 is 1. The van der Waals surface area contributed by atoms with Crippen LogP contribution >= 0.6 is 0 Å². The molecular formula is C25H20N4O3. The number of ether oxygens (including phenoxy) is 1. The number of fused-ring (bicyclic) bond motifs is 2. The molecule has 0 bridgehead atoms. The van der Waals surface area contributed by atoms with Crippen molar-refractivity contribution in [2.24, 2.45) is 0 Å². The lowest BCUT2D eigenvalue weighted by Crippen LogP contribution is -2.21. The van der Waals surface area contributed by atoms with Gasteiger partial charge in [-0.25, -0.2) is 14.8 Å². The Kier molecular flexibility index (Phi) is 4.78. The highest BCUT2D eigenvalue weighted by atomic mass is 16.5. The third-order valence-electron chi connectivity index (χ3n) is 5.48. The van der Waals surface area contributed by atoms with Crippen LogP contribution in [0.25, 0.3) is 27.7 Å². The number of hydrogen-bond donors (Lipinski definition) is 0. The molecule has 32 heavy (non-hydrogen) atoms. The van der Waals surface area contributed by atoms with Crippen LogP contribution in [-0.2, 0) is 11.3 Å². The Morgan fingerprint density at radius 2 is 1.78 bits per heavy atom. The predicted octanol–water partition coefficient (Wildman–Crippen LogP) is 3.85. The number of rotatable bonds is 4. The van der Waals surface area contributed by atoms with Crippen molar-refractivity contribution in [1.82, 2.24) is 18.9 Å². The molecule has 0 spiro atoms. The number of aromatic nitrogens is 4. The molecule has 0 radical (unpaired) electrons. The molecule has 158 valence electrons. The highest BCUT2D eigenvalue weighted by Crippen LogP contribution is 2.23. The lowest BCUT2D eigenvalue weighted by Gasteiger charge is -2.09. The summed E-state index contributed by atoms with van der Waals surface area (Å²) in [6.45, 7) is 2.50. The van der Waals surface area contributed by atoms with Gasteiger partial charge in [0, 0.05) is 12.4 Å². The molecule has 0 saturated carbocycles. The average Bonchev–Trinajstić information content (AvgIpc) is 3.25. The van der Waals surface area contributed by atoms with Crippen LogP contribution in [0.15, 0.2) is 78.1 Å². The van der Waals surface area contributed by atoms with Crippen LogP contribution in [0.3, 0.4) is 0 Å². The summed E-state index contributed by atoms with van der Waals surface area (Å²) in [5.74, 6) is -0.485. The van der Waals surface area contributed by atoms with Crippen LogP contribution in [0.2, 0.25) is 0 Å². The van der Waals surface area contributed by atoms with E-state index in [1.807, 2.05) is 67.7 Å². The SMILES string of the molecule is COC(=O)c1cn2cc(-c3ccc4ncn(Cc5ccc(C)cc5)c(=O)c4c3)ccc2n1. The molecule has 0 aliphatic carbocycles. The van der Waals surface area contributed by atoms with E-state index in [1.54, 1.807) is 21.5 Å². The Labute approximate surface area is 183 Å². The fourth-order valence-electron chi connectivity index (χ4n) is 3.71. The molecule has 5 rings (SSSR count). The van der Waals surface area contributed by atoms with Crippen molar-refractivity contribution in [2.45, 2.75) is 13.5 Å². The van der Waals surface area contributed by atoms with Crippen molar-refractivity contribution in [3.05, 3.63) is 100 Å². The maximum atomic E-state index is 13.2. The quantitative estimate of drug-likeness (QED) is 0.410. The van der Waals surface area contributed by atoms with Crippen LogP contribution in [-0.4, -0.2) is 32.0 Å². The second kappa shape index (κ2) is 7.77. The number of carbonyl (C=O) groups excluding carboxylic acids is 1. The summed E-state index contributed by atoms with van der Waals surface area (Å²) >= 11 is 0. The van der Waals surface area contributed by atoms with Gasteiger partial charge in [-0.2, -0.15) is 0 Å². The van der Waals surface area contributed by atoms with Crippen LogP contribution in [0.5, 0.6) is 0 Å². The minimum Gasteiger partial charge on any atom is -0.464 e. The third kappa shape index (κ3) is 3.54. The van der Waals surface area contributed by atoms with Crippen molar-refractivity contribution >= 4 is 22.5 Å². The number of imidazole rings is 1. The molecule has 3 heterocycles. The van der Waals surface area contributed by atoms with Gasteiger partial charge in [-0.05, 0) is 47.9 Å². The number of benzene rings is 2. The second-order valence-electron chi connectivity index (χ2n) is 7.70. The van der Waals surface area contributed by atoms with Gasteiger partial charge in [0.1, 0.15) is 5.65 Å². The topological polar surface area (TPSA) is 78.5 Å². The normalized spacial score (nSPS) is 11.2. The van der Waals surface area contributed by atoms with Crippen molar-refractivity contribution in [1.29, 1.82) is 0 Å². The Morgan fingerprint density at radius 3 is 2.56 bits per heavy atom. The third-order valence-corrected chi connectivity index (χ3v) is 5.48. The number of esters is 1. The second-order valence-corrected chi connectivity index (χ2v) is 7.70. The highest BCUT2D eigenvalue weighted by Gasteiger charge is 2.12. The zero-order valence-electron chi connectivity index (χ0n) is 17.6. The van der Waals surface area contributed by atoms with E-state index in [1.165, 1.54) is 12.7 Å². The smallest absolute Gasteiger partial charge is 0.358 e. The fourth-order valence-corrected chi connectivity index (χ4v) is 3.71. The summed E-state index contributed by atoms with van der Waals surface area (Å²) in [4.78, 5) is 33.7. The summed E-state index contributed by atoms with van der Waals surface area (Å²) < 4.78 is 8.13. The zero-order chi connectivity index (χ0) is 22.2. The van der Waals surface area contributed by atoms with Crippen LogP contribution in [0, 0.1) is 6.92 Å². The molecule has 0 unspecified atom stereocenters. The monoisotopic (exact) mass is 424 g/mol. The first-order valence-corrected chi connectivity index (χ1v) is 10.1. The molecule has 0 fully saturated rings. The number of hydrogen-bond acceptors (Lipinski definition) is 5. The van der Waals surface area contributed by atoms with Gasteiger partial charge < -0.3 is 9.14 Å². The Bertz CT molecular complexity index is 1530. The molecule has 0 N–H and O–H groups in total. The van der Waals surface area contributed by atoms with E-state index >= 15 is 0 Å². The molecule has 0 aliphatic heterocycles. The molecule has 5 aromatic rings. The van der Waals surface area contributed by atoms with Crippen LogP contribution in [0.1, 0.15) is 21.6 Å². The molecule has 7 nitrogen and oxygen atoms in total. The molecule has 0 atom stereocenters. The van der Waals surface area contributed by atoms with E-state index in [0.29, 0.717) is 23.1 Å². The standard InChI is InChI=1S/C25H20N4O3/c1-16-3-5-17(6-4-16)12-29-15-26-21-9-7-18(11-20(21)24(29)30)19-8-10-23-27-22(25(31)32-2)14-28(23)13-19/h3-11,13-15H,12H2,1-2H3. The van der Waals surface area contributed by atoms with Gasteiger partial charge in [-0.15, -0.1) is 0 Å². The van der Waals surface area contributed by atoms with Crippen molar-refractivity contribution in [2.75, 3.05) is 7.11 Å². The lowest BCUT2D eigenvalue weighted by atomic mass is 10.1. The van der Waals surface area contributed by atoms with E-state index in [4.69, 9.17) is 4.74 Å². The molecule has 3 aromatic heterocycles. The van der Waals surface area contributed by atoms with E-state index in [2.05, 4.69) is 9.97 Å². The first-order chi connectivity index (χ1) is 15.5. The molecule has 0 amide bonds. The Morgan fingerprint density at radius 1 is 1.00 bits per heavy atom. The number of pyridine rings is 1. The number of carbonyl (C=O) groups is 1. The van der Waals surface area contributed by atoms with Gasteiger partial charge in [0.2, 0.25) is 0 Å². The van der Waals surface area contributed by atoms with E-state index in [0.717, 1.165) is 16.7 Å². The van der Waals surface area contributed by atoms with E-state index in [-0.39, 0.29) is 11.3 Å². The largest absolute Gasteiger partial charge is 0.464 e. The fraction of sp³-hybridized carbons (Fsp3) is 0.120.